The molecule has 0 bridgehead atoms. The van der Waals surface area contributed by atoms with Crippen LogP contribution in [0.25, 0.3) is 11.5 Å². The van der Waals surface area contributed by atoms with Crippen LogP contribution in [0.4, 0.5) is 5.69 Å². The maximum Gasteiger partial charge on any atom is 0.234 e. The molecule has 2 aromatic carbocycles. The zero-order valence-corrected chi connectivity index (χ0v) is 16.1. The molecule has 3 aromatic rings. The van der Waals surface area contributed by atoms with Gasteiger partial charge in [0, 0.05) is 21.5 Å². The zero-order chi connectivity index (χ0) is 17.6. The maximum atomic E-state index is 12.0. The van der Waals surface area contributed by atoms with Crippen molar-refractivity contribution >= 4 is 39.3 Å². The van der Waals surface area contributed by atoms with Crippen molar-refractivity contribution in [3.05, 3.63) is 70.5 Å². The fourth-order valence-electron chi connectivity index (χ4n) is 2.20. The summed E-state index contributed by atoms with van der Waals surface area (Å²) in [6.45, 7) is 2.01. The summed E-state index contributed by atoms with van der Waals surface area (Å²) in [5, 5.41) is 2.89. The monoisotopic (exact) mass is 416 g/mol. The molecule has 0 atom stereocenters. The van der Waals surface area contributed by atoms with Gasteiger partial charge >= 0.3 is 0 Å². The lowest BCUT2D eigenvalue weighted by Crippen LogP contribution is -2.14. The summed E-state index contributed by atoms with van der Waals surface area (Å²) >= 11 is 4.97. The average Bonchev–Trinajstić information content (AvgIpc) is 3.08. The number of nitrogens with one attached hydrogen (secondary N) is 1. The van der Waals surface area contributed by atoms with Crippen LogP contribution in [-0.4, -0.2) is 16.6 Å². The van der Waals surface area contributed by atoms with E-state index in [1.807, 2.05) is 55.5 Å². The van der Waals surface area contributed by atoms with Crippen molar-refractivity contribution in [3.8, 4) is 11.5 Å². The first kappa shape index (κ1) is 17.8. The Morgan fingerprint density at radius 1 is 1.24 bits per heavy atom. The van der Waals surface area contributed by atoms with Crippen LogP contribution < -0.4 is 5.32 Å². The van der Waals surface area contributed by atoms with Crippen LogP contribution in [0, 0.1) is 6.92 Å². The van der Waals surface area contributed by atoms with E-state index in [0.29, 0.717) is 17.4 Å². The lowest BCUT2D eigenvalue weighted by Gasteiger charge is -2.06. The molecule has 128 valence electrons. The zero-order valence-electron chi connectivity index (χ0n) is 13.7. The second-order valence-electron chi connectivity index (χ2n) is 5.51. The number of carbonyl (C=O) groups excluding carboxylic acids is 1. The van der Waals surface area contributed by atoms with E-state index in [0.717, 1.165) is 27.0 Å². The Hall–Kier alpha value is -2.05. The molecule has 0 saturated heterocycles. The van der Waals surface area contributed by atoms with Gasteiger partial charge in [0.05, 0.1) is 11.4 Å². The Kier molecular flexibility index (Phi) is 5.94. The standard InChI is InChI=1S/C19H17BrN2O2S/c1-13-7-8-15(9-17(13)20)21-18(23)12-25-11-16-10-24-19(22-16)14-5-3-2-4-6-14/h2-10H,11-12H2,1H3,(H,21,23). The molecule has 0 fully saturated rings. The second-order valence-corrected chi connectivity index (χ2v) is 7.35. The van der Waals surface area contributed by atoms with Gasteiger partial charge in [-0.3, -0.25) is 4.79 Å². The molecular weight excluding hydrogens is 400 g/mol. The van der Waals surface area contributed by atoms with Crippen molar-refractivity contribution in [3.63, 3.8) is 0 Å². The van der Waals surface area contributed by atoms with Gasteiger partial charge in [0.15, 0.2) is 0 Å². The molecule has 0 aliphatic carbocycles. The van der Waals surface area contributed by atoms with Gasteiger partial charge in [-0.1, -0.05) is 40.2 Å². The number of hydrogen-bond acceptors (Lipinski definition) is 4. The number of aryl methyl sites for hydroxylation is 1. The number of rotatable bonds is 6. The number of halogens is 1. The molecule has 1 N–H and O–H groups in total. The van der Waals surface area contributed by atoms with Gasteiger partial charge < -0.3 is 9.73 Å². The molecule has 0 radical (unpaired) electrons. The minimum atomic E-state index is -0.0347. The number of anilines is 1. The number of thioether (sulfide) groups is 1. The molecular formula is C19H17BrN2O2S. The van der Waals surface area contributed by atoms with Gasteiger partial charge in [-0.05, 0) is 36.8 Å². The Morgan fingerprint density at radius 2 is 2.04 bits per heavy atom. The van der Waals surface area contributed by atoms with Gasteiger partial charge in [-0.25, -0.2) is 4.98 Å². The van der Waals surface area contributed by atoms with Gasteiger partial charge in [0.2, 0.25) is 11.8 Å². The van der Waals surface area contributed by atoms with E-state index in [-0.39, 0.29) is 5.91 Å². The third kappa shape index (κ3) is 4.96. The van der Waals surface area contributed by atoms with E-state index in [4.69, 9.17) is 4.42 Å². The van der Waals surface area contributed by atoms with E-state index in [2.05, 4.69) is 26.2 Å². The molecule has 3 rings (SSSR count). The first-order valence-electron chi connectivity index (χ1n) is 7.75. The van der Waals surface area contributed by atoms with Gasteiger partial charge in [-0.2, -0.15) is 0 Å². The summed E-state index contributed by atoms with van der Waals surface area (Å²) in [6.07, 6.45) is 1.64. The summed E-state index contributed by atoms with van der Waals surface area (Å²) in [5.74, 6) is 1.55. The van der Waals surface area contributed by atoms with Gasteiger partial charge in [0.1, 0.15) is 6.26 Å². The normalized spacial score (nSPS) is 10.6. The summed E-state index contributed by atoms with van der Waals surface area (Å²) in [7, 11) is 0. The smallest absolute Gasteiger partial charge is 0.234 e. The lowest BCUT2D eigenvalue weighted by molar-refractivity contribution is -0.113. The van der Waals surface area contributed by atoms with E-state index >= 15 is 0 Å². The van der Waals surface area contributed by atoms with Crippen molar-refractivity contribution < 1.29 is 9.21 Å². The van der Waals surface area contributed by atoms with Crippen molar-refractivity contribution in [2.24, 2.45) is 0 Å². The van der Waals surface area contributed by atoms with Crippen LogP contribution in [0.15, 0.2) is 63.7 Å². The Bertz CT molecular complexity index is 865. The first-order valence-corrected chi connectivity index (χ1v) is 9.70. The maximum absolute atomic E-state index is 12.0. The molecule has 6 heteroatoms. The van der Waals surface area contributed by atoms with Gasteiger partial charge in [0.25, 0.3) is 0 Å². The number of nitrogens with zero attached hydrogens (tertiary/aromatic N) is 1. The predicted octanol–water partition coefficient (Wildman–Crippen LogP) is 5.28. The number of oxazole rings is 1. The molecule has 0 aliphatic heterocycles. The van der Waals surface area contributed by atoms with Crippen LogP contribution in [0.1, 0.15) is 11.3 Å². The molecule has 0 aliphatic rings. The fraction of sp³-hybridized carbons (Fsp3) is 0.158. The van der Waals surface area contributed by atoms with Crippen LogP contribution in [-0.2, 0) is 10.5 Å². The van der Waals surface area contributed by atoms with Crippen LogP contribution in [0.3, 0.4) is 0 Å². The summed E-state index contributed by atoms with van der Waals surface area (Å²) in [4.78, 5) is 16.5. The third-order valence-corrected chi connectivity index (χ3v) is 5.33. The SMILES string of the molecule is Cc1ccc(NC(=O)CSCc2coc(-c3ccccc3)n2)cc1Br. The van der Waals surface area contributed by atoms with Crippen molar-refractivity contribution in [2.75, 3.05) is 11.1 Å². The highest BCUT2D eigenvalue weighted by Gasteiger charge is 2.08. The van der Waals surface area contributed by atoms with E-state index in [1.54, 1.807) is 6.26 Å². The number of carbonyl (C=O) groups is 1. The third-order valence-electron chi connectivity index (χ3n) is 3.51. The average molecular weight is 417 g/mol. The molecule has 1 heterocycles. The lowest BCUT2D eigenvalue weighted by atomic mass is 10.2. The quantitative estimate of drug-likeness (QED) is 0.593. The topological polar surface area (TPSA) is 55.1 Å². The summed E-state index contributed by atoms with van der Waals surface area (Å²) in [5.41, 5.74) is 3.69. The van der Waals surface area contributed by atoms with Crippen LogP contribution in [0.2, 0.25) is 0 Å². The Morgan fingerprint density at radius 3 is 2.80 bits per heavy atom. The number of aromatic nitrogens is 1. The van der Waals surface area contributed by atoms with Crippen molar-refractivity contribution in [2.45, 2.75) is 12.7 Å². The molecule has 1 aromatic heterocycles. The molecule has 0 unspecified atom stereocenters. The van der Waals surface area contributed by atoms with E-state index in [9.17, 15) is 4.79 Å². The largest absolute Gasteiger partial charge is 0.444 e. The number of hydrogen-bond donors (Lipinski definition) is 1. The highest BCUT2D eigenvalue weighted by molar-refractivity contribution is 9.10. The summed E-state index contributed by atoms with van der Waals surface area (Å²) < 4.78 is 6.48. The molecule has 0 saturated carbocycles. The number of amides is 1. The Labute approximate surface area is 159 Å². The molecule has 0 spiro atoms. The Balaban J connectivity index is 1.48. The predicted molar refractivity (Wildman–Crippen MR) is 106 cm³/mol. The minimum Gasteiger partial charge on any atom is -0.444 e. The van der Waals surface area contributed by atoms with Crippen LogP contribution in [0.5, 0.6) is 0 Å². The van der Waals surface area contributed by atoms with Crippen molar-refractivity contribution in [1.29, 1.82) is 0 Å². The molecule has 4 nitrogen and oxygen atoms in total. The van der Waals surface area contributed by atoms with Crippen LogP contribution >= 0.6 is 27.7 Å². The highest BCUT2D eigenvalue weighted by Crippen LogP contribution is 2.22. The second kappa shape index (κ2) is 8.36. The fourth-order valence-corrected chi connectivity index (χ4v) is 3.28. The minimum absolute atomic E-state index is 0.0347. The summed E-state index contributed by atoms with van der Waals surface area (Å²) in [6, 6.07) is 15.5. The van der Waals surface area contributed by atoms with E-state index < -0.39 is 0 Å². The number of benzene rings is 2. The van der Waals surface area contributed by atoms with Gasteiger partial charge in [-0.15, -0.1) is 11.8 Å². The molecule has 25 heavy (non-hydrogen) atoms. The molecule has 1 amide bonds. The van der Waals surface area contributed by atoms with Crippen molar-refractivity contribution in [1.82, 2.24) is 4.98 Å². The highest BCUT2D eigenvalue weighted by atomic mass is 79.9. The first-order chi connectivity index (χ1) is 12.1. The van der Waals surface area contributed by atoms with E-state index in [1.165, 1.54) is 11.8 Å².